The molecule has 3 aromatic carbocycles. The first-order chi connectivity index (χ1) is 15.3. The fourth-order valence-corrected chi connectivity index (χ4v) is 5.05. The van der Waals surface area contributed by atoms with Gasteiger partial charge in [-0.05, 0) is 42.5 Å². The molecule has 1 N–H and O–H groups in total. The Morgan fingerprint density at radius 2 is 1.75 bits per heavy atom. The highest BCUT2D eigenvalue weighted by Gasteiger charge is 2.21. The van der Waals surface area contributed by atoms with Crippen LogP contribution in [0.3, 0.4) is 0 Å². The number of nitrogens with zero attached hydrogens (tertiary/aromatic N) is 3. The van der Waals surface area contributed by atoms with Crippen LogP contribution in [0, 0.1) is 10.1 Å². The molecule has 0 unspecified atom stereocenters. The lowest BCUT2D eigenvalue weighted by Gasteiger charge is -2.19. The lowest BCUT2D eigenvalue weighted by Crippen LogP contribution is -2.26. The van der Waals surface area contributed by atoms with Gasteiger partial charge in [-0.3, -0.25) is 24.5 Å². The van der Waals surface area contributed by atoms with E-state index in [9.17, 15) is 23.3 Å². The van der Waals surface area contributed by atoms with E-state index in [1.165, 1.54) is 53.8 Å². The van der Waals surface area contributed by atoms with Crippen LogP contribution in [-0.2, 0) is 10.0 Å². The van der Waals surface area contributed by atoms with Crippen molar-refractivity contribution in [1.29, 1.82) is 0 Å². The van der Waals surface area contributed by atoms with Crippen LogP contribution in [0.5, 0.6) is 0 Å². The molecule has 1 amide bonds. The number of nitrogens with one attached hydrogen (secondary N) is 1. The Balaban J connectivity index is 1.52. The zero-order chi connectivity index (χ0) is 22.9. The number of amides is 1. The molecule has 162 valence electrons. The van der Waals surface area contributed by atoms with E-state index < -0.39 is 20.9 Å². The van der Waals surface area contributed by atoms with Gasteiger partial charge in [0.25, 0.3) is 21.6 Å². The molecule has 9 nitrogen and oxygen atoms in total. The lowest BCUT2D eigenvalue weighted by molar-refractivity contribution is -0.384. The van der Waals surface area contributed by atoms with E-state index in [0.717, 1.165) is 11.3 Å². The average Bonchev–Trinajstić information content (AvgIpc) is 3.20. The number of anilines is 2. The maximum absolute atomic E-state index is 12.8. The predicted octanol–water partition coefficient (Wildman–Crippen LogP) is 4.28. The highest BCUT2D eigenvalue weighted by molar-refractivity contribution is 7.92. The maximum Gasteiger partial charge on any atom is 0.270 e. The van der Waals surface area contributed by atoms with Gasteiger partial charge in [-0.2, -0.15) is 0 Å². The minimum Gasteiger partial charge on any atom is -0.298 e. The highest BCUT2D eigenvalue weighted by atomic mass is 32.2. The molecule has 0 atom stereocenters. The van der Waals surface area contributed by atoms with Crippen molar-refractivity contribution in [3.05, 3.63) is 88.5 Å². The molecule has 4 rings (SSSR count). The second-order valence-corrected chi connectivity index (χ2v) is 9.71. The number of aromatic nitrogens is 1. The van der Waals surface area contributed by atoms with Crippen molar-refractivity contribution in [2.24, 2.45) is 0 Å². The quantitative estimate of drug-likeness (QED) is 0.333. The van der Waals surface area contributed by atoms with Gasteiger partial charge in [0.15, 0.2) is 5.13 Å². The van der Waals surface area contributed by atoms with Gasteiger partial charge >= 0.3 is 0 Å². The van der Waals surface area contributed by atoms with Crippen molar-refractivity contribution >= 4 is 54.0 Å². The SMILES string of the molecule is CN(c1ccccc1)S(=O)(=O)c1ccc(C(=O)Nc2nc3ccc([N+](=O)[O-])cc3s2)cc1. The first-order valence-electron chi connectivity index (χ1n) is 9.26. The Kier molecular flexibility index (Phi) is 5.59. The Morgan fingerprint density at radius 3 is 2.41 bits per heavy atom. The number of benzene rings is 3. The number of thiazole rings is 1. The number of rotatable bonds is 6. The van der Waals surface area contributed by atoms with Gasteiger partial charge in [-0.15, -0.1) is 0 Å². The summed E-state index contributed by atoms with van der Waals surface area (Å²) in [6.07, 6.45) is 0. The average molecular weight is 469 g/mol. The van der Waals surface area contributed by atoms with Crippen molar-refractivity contribution in [1.82, 2.24) is 4.98 Å². The van der Waals surface area contributed by atoms with Crippen LogP contribution in [-0.4, -0.2) is 31.3 Å². The van der Waals surface area contributed by atoms with Crippen molar-refractivity contribution < 1.29 is 18.1 Å². The van der Waals surface area contributed by atoms with Crippen molar-refractivity contribution in [2.45, 2.75) is 4.90 Å². The van der Waals surface area contributed by atoms with E-state index in [2.05, 4.69) is 10.3 Å². The Hall–Kier alpha value is -3.83. The normalized spacial score (nSPS) is 11.3. The predicted molar refractivity (Wildman–Crippen MR) is 123 cm³/mol. The summed E-state index contributed by atoms with van der Waals surface area (Å²) in [7, 11) is -2.32. The third kappa shape index (κ3) is 4.15. The first kappa shape index (κ1) is 21.4. The number of hydrogen-bond acceptors (Lipinski definition) is 7. The molecule has 0 bridgehead atoms. The zero-order valence-electron chi connectivity index (χ0n) is 16.6. The molecule has 1 heterocycles. The number of nitro benzene ring substituents is 1. The van der Waals surface area contributed by atoms with E-state index in [4.69, 9.17) is 0 Å². The van der Waals surface area contributed by atoms with E-state index in [-0.39, 0.29) is 21.3 Å². The molecule has 11 heteroatoms. The van der Waals surface area contributed by atoms with E-state index in [1.54, 1.807) is 30.3 Å². The summed E-state index contributed by atoms with van der Waals surface area (Å²) < 4.78 is 27.4. The van der Waals surface area contributed by atoms with Gasteiger partial charge in [0.2, 0.25) is 0 Å². The van der Waals surface area contributed by atoms with Crippen LogP contribution in [0.15, 0.2) is 77.7 Å². The third-order valence-electron chi connectivity index (χ3n) is 4.70. The Morgan fingerprint density at radius 1 is 1.06 bits per heavy atom. The number of nitro groups is 1. The Labute approximate surface area is 187 Å². The molecule has 0 aliphatic rings. The molecule has 0 saturated carbocycles. The minimum atomic E-state index is -3.79. The van der Waals surface area contributed by atoms with Crippen LogP contribution < -0.4 is 9.62 Å². The number of non-ortho nitro benzene ring substituents is 1. The second-order valence-electron chi connectivity index (χ2n) is 6.71. The molecular weight excluding hydrogens is 452 g/mol. The molecule has 1 aromatic heterocycles. The fourth-order valence-electron chi connectivity index (χ4n) is 2.96. The topological polar surface area (TPSA) is 123 Å². The van der Waals surface area contributed by atoms with Crippen molar-refractivity contribution in [3.8, 4) is 0 Å². The summed E-state index contributed by atoms with van der Waals surface area (Å²) >= 11 is 1.11. The Bertz CT molecular complexity index is 1420. The van der Waals surface area contributed by atoms with Crippen LogP contribution in [0.2, 0.25) is 0 Å². The number of hydrogen-bond donors (Lipinski definition) is 1. The standard InChI is InChI=1S/C21H16N4O5S2/c1-24(15-5-3-2-4-6-15)32(29,30)17-10-7-14(8-11-17)20(26)23-21-22-18-12-9-16(25(27)28)13-19(18)31-21/h2-13H,1H3,(H,22,23,26). The number of carbonyl (C=O) groups excluding carboxylic acids is 1. The third-order valence-corrected chi connectivity index (χ3v) is 7.43. The van der Waals surface area contributed by atoms with E-state index in [1.807, 2.05) is 0 Å². The zero-order valence-corrected chi connectivity index (χ0v) is 18.3. The van der Waals surface area contributed by atoms with Crippen LogP contribution in [0.1, 0.15) is 10.4 Å². The van der Waals surface area contributed by atoms with Crippen LogP contribution in [0.25, 0.3) is 10.2 Å². The number of para-hydroxylation sites is 1. The number of fused-ring (bicyclic) bond motifs is 1. The van der Waals surface area contributed by atoms with Gasteiger partial charge in [0.1, 0.15) is 0 Å². The summed E-state index contributed by atoms with van der Waals surface area (Å²) in [5.41, 5.74) is 1.24. The first-order valence-corrected chi connectivity index (χ1v) is 11.5. The van der Waals surface area contributed by atoms with Gasteiger partial charge < -0.3 is 0 Å². The van der Waals surface area contributed by atoms with Gasteiger partial charge in [-0.25, -0.2) is 13.4 Å². The van der Waals surface area contributed by atoms with Gasteiger partial charge in [-0.1, -0.05) is 29.5 Å². The summed E-state index contributed by atoms with van der Waals surface area (Å²) in [5.74, 6) is -0.473. The van der Waals surface area contributed by atoms with Gasteiger partial charge in [0.05, 0.1) is 25.7 Å². The monoisotopic (exact) mass is 468 g/mol. The van der Waals surface area contributed by atoms with Crippen molar-refractivity contribution in [3.63, 3.8) is 0 Å². The van der Waals surface area contributed by atoms with Crippen LogP contribution >= 0.6 is 11.3 Å². The summed E-state index contributed by atoms with van der Waals surface area (Å²) in [6, 6.07) is 18.5. The smallest absolute Gasteiger partial charge is 0.270 e. The molecule has 0 radical (unpaired) electrons. The molecule has 0 aliphatic heterocycles. The van der Waals surface area contributed by atoms with Crippen LogP contribution in [0.4, 0.5) is 16.5 Å². The number of sulfonamides is 1. The molecule has 0 aliphatic carbocycles. The molecular formula is C21H16N4O5S2. The minimum absolute atomic E-state index is 0.0488. The largest absolute Gasteiger partial charge is 0.298 e. The maximum atomic E-state index is 12.8. The second kappa shape index (κ2) is 8.36. The van der Waals surface area contributed by atoms with E-state index in [0.29, 0.717) is 15.9 Å². The molecule has 0 fully saturated rings. The van der Waals surface area contributed by atoms with E-state index >= 15 is 0 Å². The molecule has 0 spiro atoms. The molecule has 32 heavy (non-hydrogen) atoms. The molecule has 4 aromatic rings. The summed E-state index contributed by atoms with van der Waals surface area (Å²) in [5, 5.41) is 13.8. The molecule has 0 saturated heterocycles. The summed E-state index contributed by atoms with van der Waals surface area (Å²) in [6.45, 7) is 0. The highest BCUT2D eigenvalue weighted by Crippen LogP contribution is 2.29. The van der Waals surface area contributed by atoms with Crippen molar-refractivity contribution in [2.75, 3.05) is 16.7 Å². The summed E-state index contributed by atoms with van der Waals surface area (Å²) in [4.78, 5) is 27.3. The lowest BCUT2D eigenvalue weighted by atomic mass is 10.2. The van der Waals surface area contributed by atoms with Gasteiger partial charge in [0, 0.05) is 24.7 Å². The number of carbonyl (C=O) groups is 1. The fraction of sp³-hybridized carbons (Fsp3) is 0.0476.